The molecule has 4 atom stereocenters. The van der Waals surface area contributed by atoms with Crippen LogP contribution in [-0.4, -0.2) is 75.1 Å². The van der Waals surface area contributed by atoms with E-state index in [0.29, 0.717) is 24.2 Å². The van der Waals surface area contributed by atoms with Crippen molar-refractivity contribution in [2.45, 2.75) is 63.7 Å². The number of aromatic nitrogens is 1. The third-order valence-corrected chi connectivity index (χ3v) is 7.67. The highest BCUT2D eigenvalue weighted by Crippen LogP contribution is 2.20. The third kappa shape index (κ3) is 10.0. The number of para-hydroxylation sites is 1. The van der Waals surface area contributed by atoms with Gasteiger partial charge >= 0.3 is 5.97 Å². The van der Waals surface area contributed by atoms with Crippen molar-refractivity contribution >= 4 is 46.4 Å². The number of carboxylic acid groups (broad SMARTS) is 1. The van der Waals surface area contributed by atoms with Crippen LogP contribution >= 0.6 is 11.8 Å². The van der Waals surface area contributed by atoms with Gasteiger partial charge in [0.2, 0.25) is 17.7 Å². The number of carboxylic acids is 1. The van der Waals surface area contributed by atoms with Crippen LogP contribution in [0.4, 0.5) is 0 Å². The number of hydrogen-bond acceptors (Lipinski definition) is 7. The van der Waals surface area contributed by atoms with E-state index >= 15 is 0 Å². The van der Waals surface area contributed by atoms with Crippen molar-refractivity contribution in [3.05, 3.63) is 65.9 Å². The molecule has 3 rings (SSSR count). The van der Waals surface area contributed by atoms with Crippen molar-refractivity contribution < 1.29 is 29.4 Å². The maximum atomic E-state index is 13.6. The van der Waals surface area contributed by atoms with Crippen molar-refractivity contribution in [3.63, 3.8) is 0 Å². The number of carbonyl (C=O) groups is 4. The number of nitrogens with one attached hydrogen (secondary N) is 4. The number of nitrogens with two attached hydrogens (primary N) is 1. The number of amides is 3. The lowest BCUT2D eigenvalue weighted by Crippen LogP contribution is -2.58. The van der Waals surface area contributed by atoms with Crippen molar-refractivity contribution in [2.75, 3.05) is 12.0 Å². The molecule has 0 saturated heterocycles. The van der Waals surface area contributed by atoms with Crippen LogP contribution in [0.15, 0.2) is 54.7 Å². The molecule has 1 heterocycles. The highest BCUT2D eigenvalue weighted by atomic mass is 32.2. The number of benzene rings is 2. The van der Waals surface area contributed by atoms with Crippen molar-refractivity contribution in [2.24, 2.45) is 11.7 Å². The van der Waals surface area contributed by atoms with Gasteiger partial charge in [-0.1, -0.05) is 44.2 Å². The van der Waals surface area contributed by atoms with Gasteiger partial charge in [-0.15, -0.1) is 0 Å². The molecule has 0 aliphatic carbocycles. The van der Waals surface area contributed by atoms with E-state index in [2.05, 4.69) is 20.9 Å². The first-order chi connectivity index (χ1) is 20.5. The van der Waals surface area contributed by atoms with E-state index in [1.165, 1.54) is 23.9 Å². The zero-order valence-corrected chi connectivity index (χ0v) is 25.4. The lowest BCUT2D eigenvalue weighted by atomic mass is 10.0. The molecule has 0 aliphatic rings. The molecule has 0 fully saturated rings. The van der Waals surface area contributed by atoms with Gasteiger partial charge in [0.15, 0.2) is 0 Å². The summed E-state index contributed by atoms with van der Waals surface area (Å²) in [4.78, 5) is 55.3. The van der Waals surface area contributed by atoms with Crippen LogP contribution in [0.5, 0.6) is 5.75 Å². The monoisotopic (exact) mass is 611 g/mol. The molecule has 2 aromatic carbocycles. The molecular formula is C31H41N5O6S. The zero-order chi connectivity index (χ0) is 31.5. The summed E-state index contributed by atoms with van der Waals surface area (Å²) in [5, 5.41) is 28.4. The predicted octanol–water partition coefficient (Wildman–Crippen LogP) is 2.32. The van der Waals surface area contributed by atoms with Crippen LogP contribution < -0.4 is 21.7 Å². The SMILES string of the molecule is CSCCC(NC(=O)C(N)CC(C)C)C(=O)NC(Cc1c[nH]c2ccccc12)C(=O)NC(Cc1ccc(O)cc1)C(=O)O. The molecule has 0 aliphatic heterocycles. The van der Waals surface area contributed by atoms with E-state index in [-0.39, 0.29) is 24.5 Å². The van der Waals surface area contributed by atoms with Gasteiger partial charge in [0.25, 0.3) is 0 Å². The molecule has 0 spiro atoms. The van der Waals surface area contributed by atoms with Crippen molar-refractivity contribution in [3.8, 4) is 5.75 Å². The molecule has 1 aromatic heterocycles. The molecule has 232 valence electrons. The molecule has 0 radical (unpaired) electrons. The molecule has 8 N–H and O–H groups in total. The Balaban J connectivity index is 1.85. The number of phenols is 1. The first-order valence-corrected chi connectivity index (χ1v) is 15.6. The number of thioether (sulfide) groups is 1. The number of aromatic amines is 1. The number of phenolic OH excluding ortho intramolecular Hbond substituents is 1. The van der Waals surface area contributed by atoms with Gasteiger partial charge in [-0.25, -0.2) is 4.79 Å². The van der Waals surface area contributed by atoms with Crippen molar-refractivity contribution in [1.82, 2.24) is 20.9 Å². The zero-order valence-electron chi connectivity index (χ0n) is 24.6. The standard InChI is InChI=1S/C31H41N5O6S/c1-18(2)14-23(32)28(38)34-25(12-13-43-3)29(39)35-26(16-20-17-33-24-7-5-4-6-22(20)24)30(40)36-27(31(41)42)15-19-8-10-21(37)11-9-19/h4-11,17-18,23,25-27,33,37H,12-16,32H2,1-3H3,(H,34,38)(H,35,39)(H,36,40)(H,41,42). The first-order valence-electron chi connectivity index (χ1n) is 14.2. The Kier molecular flexibility index (Phi) is 12.4. The number of fused-ring (bicyclic) bond motifs is 1. The second kappa shape index (κ2) is 16.0. The fourth-order valence-electron chi connectivity index (χ4n) is 4.74. The van der Waals surface area contributed by atoms with E-state index in [9.17, 15) is 29.4 Å². The summed E-state index contributed by atoms with van der Waals surface area (Å²) in [6, 6.07) is 9.37. The van der Waals surface area contributed by atoms with Crippen LogP contribution in [0, 0.1) is 5.92 Å². The van der Waals surface area contributed by atoms with Gasteiger partial charge in [-0.2, -0.15) is 11.8 Å². The van der Waals surface area contributed by atoms with Crippen LogP contribution in [0.2, 0.25) is 0 Å². The summed E-state index contributed by atoms with van der Waals surface area (Å²) in [5.74, 6) is -2.15. The van der Waals surface area contributed by atoms with Gasteiger partial charge in [-0.05, 0) is 60.1 Å². The van der Waals surface area contributed by atoms with Gasteiger partial charge in [0.05, 0.1) is 6.04 Å². The van der Waals surface area contributed by atoms with Gasteiger partial charge in [0, 0.05) is 29.9 Å². The van der Waals surface area contributed by atoms with Crippen LogP contribution in [0.1, 0.15) is 37.8 Å². The minimum Gasteiger partial charge on any atom is -0.508 e. The third-order valence-electron chi connectivity index (χ3n) is 7.03. The second-order valence-corrected chi connectivity index (χ2v) is 12.0. The number of rotatable bonds is 16. The topological polar surface area (TPSA) is 187 Å². The molecule has 11 nitrogen and oxygen atoms in total. The Morgan fingerprint density at radius 2 is 1.51 bits per heavy atom. The minimum atomic E-state index is -1.29. The van der Waals surface area contributed by atoms with E-state index in [1.807, 2.05) is 44.4 Å². The van der Waals surface area contributed by atoms with E-state index < -0.39 is 47.9 Å². The Labute approximate surface area is 255 Å². The maximum Gasteiger partial charge on any atom is 0.326 e. The van der Waals surface area contributed by atoms with E-state index in [1.54, 1.807) is 18.3 Å². The fraction of sp³-hybridized carbons (Fsp3) is 0.419. The summed E-state index contributed by atoms with van der Waals surface area (Å²) in [6.07, 6.45) is 4.44. The first kappa shape index (κ1) is 33.5. The van der Waals surface area contributed by atoms with Crippen LogP contribution in [0.3, 0.4) is 0 Å². The normalized spacial score (nSPS) is 14.1. The molecule has 0 bridgehead atoms. The number of hydrogen-bond donors (Lipinski definition) is 7. The highest BCUT2D eigenvalue weighted by Gasteiger charge is 2.31. The predicted molar refractivity (Wildman–Crippen MR) is 168 cm³/mol. The molecule has 3 amide bonds. The second-order valence-electron chi connectivity index (χ2n) is 11.0. The number of aromatic hydroxyl groups is 1. The molecule has 43 heavy (non-hydrogen) atoms. The largest absolute Gasteiger partial charge is 0.508 e. The summed E-state index contributed by atoms with van der Waals surface area (Å²) < 4.78 is 0. The number of H-pyrrole nitrogens is 1. The average molecular weight is 612 g/mol. The number of carbonyl (C=O) groups excluding carboxylic acids is 3. The summed E-state index contributed by atoms with van der Waals surface area (Å²) in [7, 11) is 0. The lowest BCUT2D eigenvalue weighted by Gasteiger charge is -2.25. The quantitative estimate of drug-likeness (QED) is 0.129. The molecule has 4 unspecified atom stereocenters. The van der Waals surface area contributed by atoms with Gasteiger partial charge in [0.1, 0.15) is 23.9 Å². The molecule has 12 heteroatoms. The summed E-state index contributed by atoms with van der Waals surface area (Å²) >= 11 is 1.51. The van der Waals surface area contributed by atoms with Crippen LogP contribution in [0.25, 0.3) is 10.9 Å². The maximum absolute atomic E-state index is 13.6. The molecule has 3 aromatic rings. The molecular weight excluding hydrogens is 570 g/mol. The lowest BCUT2D eigenvalue weighted by molar-refractivity contribution is -0.142. The average Bonchev–Trinajstić information content (AvgIpc) is 3.37. The summed E-state index contributed by atoms with van der Waals surface area (Å²) in [6.45, 7) is 3.90. The Morgan fingerprint density at radius 3 is 2.16 bits per heavy atom. The van der Waals surface area contributed by atoms with Gasteiger partial charge < -0.3 is 36.9 Å². The summed E-state index contributed by atoms with van der Waals surface area (Å²) in [5.41, 5.74) is 8.26. The molecule has 0 saturated carbocycles. The Morgan fingerprint density at radius 1 is 0.884 bits per heavy atom. The number of aliphatic carboxylic acids is 1. The van der Waals surface area contributed by atoms with Crippen LogP contribution in [-0.2, 0) is 32.0 Å². The van der Waals surface area contributed by atoms with E-state index in [0.717, 1.165) is 16.5 Å². The van der Waals surface area contributed by atoms with Crippen molar-refractivity contribution in [1.29, 1.82) is 0 Å². The highest BCUT2D eigenvalue weighted by molar-refractivity contribution is 7.98. The Hall–Kier alpha value is -4.03. The van der Waals surface area contributed by atoms with E-state index in [4.69, 9.17) is 5.73 Å². The van der Waals surface area contributed by atoms with Gasteiger partial charge in [-0.3, -0.25) is 14.4 Å². The Bertz CT molecular complexity index is 1390. The fourth-order valence-corrected chi connectivity index (χ4v) is 5.21. The smallest absolute Gasteiger partial charge is 0.326 e. The minimum absolute atomic E-state index is 0.0325.